The molecule has 1 aromatic heterocycles. The molecule has 0 saturated carbocycles. The predicted molar refractivity (Wildman–Crippen MR) is 87.8 cm³/mol. The summed E-state index contributed by atoms with van der Waals surface area (Å²) < 4.78 is 53.9. The lowest BCUT2D eigenvalue weighted by Crippen LogP contribution is -2.26. The van der Waals surface area contributed by atoms with Gasteiger partial charge in [0.15, 0.2) is 0 Å². The van der Waals surface area contributed by atoms with Gasteiger partial charge in [0.25, 0.3) is 0 Å². The Kier molecular flexibility index (Phi) is 5.97. The minimum atomic E-state index is -3.54. The van der Waals surface area contributed by atoms with E-state index in [4.69, 9.17) is 16.0 Å². The number of sulfone groups is 1. The smallest absolute Gasteiger partial charge is 0.335 e. The highest BCUT2D eigenvalue weighted by Gasteiger charge is 2.17. The molecule has 2 rings (SSSR count). The van der Waals surface area contributed by atoms with Crippen LogP contribution in [-0.2, 0) is 32.0 Å². The summed E-state index contributed by atoms with van der Waals surface area (Å²) in [6.45, 7) is 0.156. The van der Waals surface area contributed by atoms with Crippen molar-refractivity contribution in [2.24, 2.45) is 0 Å². The van der Waals surface area contributed by atoms with E-state index in [2.05, 4.69) is 14.9 Å². The van der Waals surface area contributed by atoms with Crippen molar-refractivity contribution in [2.45, 2.75) is 23.8 Å². The maximum Gasteiger partial charge on any atom is 0.335 e. The first kappa shape index (κ1) is 18.8. The molecule has 8 nitrogen and oxygen atoms in total. The van der Waals surface area contributed by atoms with Gasteiger partial charge in [0, 0.05) is 24.2 Å². The summed E-state index contributed by atoms with van der Waals surface area (Å²) in [6, 6.07) is 6.71. The van der Waals surface area contributed by atoms with Gasteiger partial charge in [-0.2, -0.15) is 0 Å². The highest BCUT2D eigenvalue weighted by molar-refractivity contribution is 7.90. The molecule has 1 N–H and O–H groups in total. The van der Waals surface area contributed by atoms with Crippen LogP contribution in [0.3, 0.4) is 0 Å². The van der Waals surface area contributed by atoms with Gasteiger partial charge >= 0.3 is 5.22 Å². The summed E-state index contributed by atoms with van der Waals surface area (Å²) in [4.78, 5) is 0. The third-order valence-electron chi connectivity index (χ3n) is 2.96. The number of hydrogen-bond donors (Lipinski definition) is 1. The lowest BCUT2D eigenvalue weighted by molar-refractivity contribution is 0.394. The average molecular weight is 394 g/mol. The standard InChI is InChI=1S/C13H16ClN3O5S2/c1-23(18,19)13-17-16-12(22-13)7-4-8-15-24(20,21)9-10-5-2-3-6-11(10)14/h2-3,5-6,15H,4,7-9H2,1H3. The number of aryl methyl sites for hydroxylation is 1. The number of benzene rings is 1. The fraction of sp³-hybridized carbons (Fsp3) is 0.385. The second-order valence-corrected chi connectivity index (χ2v) is 9.19. The van der Waals surface area contributed by atoms with Crippen molar-refractivity contribution in [1.82, 2.24) is 14.9 Å². The summed E-state index contributed by atoms with van der Waals surface area (Å²) in [6.07, 6.45) is 1.61. The van der Waals surface area contributed by atoms with Gasteiger partial charge in [-0.25, -0.2) is 21.6 Å². The first-order chi connectivity index (χ1) is 11.2. The molecule has 0 fully saturated rings. The summed E-state index contributed by atoms with van der Waals surface area (Å²) in [5.74, 6) is -0.0772. The highest BCUT2D eigenvalue weighted by Crippen LogP contribution is 2.17. The zero-order chi connectivity index (χ0) is 17.8. The van der Waals surface area contributed by atoms with Crippen LogP contribution in [-0.4, -0.2) is 39.8 Å². The second kappa shape index (κ2) is 7.60. The Labute approximate surface area is 145 Å². The maximum atomic E-state index is 12.0. The monoisotopic (exact) mass is 393 g/mol. The zero-order valence-electron chi connectivity index (χ0n) is 12.8. The molecule has 0 amide bonds. The number of aromatic nitrogens is 2. The maximum absolute atomic E-state index is 12.0. The van der Waals surface area contributed by atoms with Crippen molar-refractivity contribution < 1.29 is 21.3 Å². The molecule has 0 aliphatic carbocycles. The minimum absolute atomic E-state index is 0.140. The summed E-state index contributed by atoms with van der Waals surface area (Å²) in [5.41, 5.74) is 0.515. The van der Waals surface area contributed by atoms with E-state index in [1.807, 2.05) is 0 Å². The summed E-state index contributed by atoms with van der Waals surface area (Å²) in [7, 11) is -7.07. The van der Waals surface area contributed by atoms with E-state index >= 15 is 0 Å². The first-order valence-corrected chi connectivity index (χ1v) is 10.8. The van der Waals surface area contributed by atoms with E-state index < -0.39 is 25.1 Å². The van der Waals surface area contributed by atoms with Gasteiger partial charge in [-0.05, 0) is 18.1 Å². The molecule has 0 spiro atoms. The average Bonchev–Trinajstić information content (AvgIpc) is 2.95. The van der Waals surface area contributed by atoms with Gasteiger partial charge in [-0.15, -0.1) is 5.10 Å². The molecule has 0 atom stereocenters. The van der Waals surface area contributed by atoms with Crippen molar-refractivity contribution in [2.75, 3.05) is 12.8 Å². The van der Waals surface area contributed by atoms with Gasteiger partial charge < -0.3 is 4.42 Å². The normalized spacial score (nSPS) is 12.4. The minimum Gasteiger partial charge on any atom is -0.413 e. The third kappa shape index (κ3) is 5.55. The van der Waals surface area contributed by atoms with Crippen LogP contribution >= 0.6 is 11.6 Å². The van der Waals surface area contributed by atoms with Gasteiger partial charge in [0.05, 0.1) is 5.75 Å². The van der Waals surface area contributed by atoms with Crippen LogP contribution < -0.4 is 4.72 Å². The van der Waals surface area contributed by atoms with E-state index in [1.165, 1.54) is 0 Å². The Balaban J connectivity index is 1.83. The van der Waals surface area contributed by atoms with Crippen molar-refractivity contribution >= 4 is 31.5 Å². The Hall–Kier alpha value is -1.49. The number of nitrogens with one attached hydrogen (secondary N) is 1. The number of hydrogen-bond acceptors (Lipinski definition) is 7. The molecular formula is C13H16ClN3O5S2. The van der Waals surface area contributed by atoms with Gasteiger partial charge in [0.1, 0.15) is 0 Å². The molecule has 0 aliphatic heterocycles. The van der Waals surface area contributed by atoms with Crippen LogP contribution in [0.15, 0.2) is 33.9 Å². The molecular weight excluding hydrogens is 378 g/mol. The van der Waals surface area contributed by atoms with Crippen molar-refractivity contribution in [3.63, 3.8) is 0 Å². The SMILES string of the molecule is CS(=O)(=O)c1nnc(CCCNS(=O)(=O)Cc2ccccc2Cl)o1. The van der Waals surface area contributed by atoms with Crippen LogP contribution in [0, 0.1) is 0 Å². The quantitative estimate of drug-likeness (QED) is 0.668. The molecule has 0 aliphatic rings. The molecule has 0 radical (unpaired) electrons. The molecule has 132 valence electrons. The van der Waals surface area contributed by atoms with Crippen LogP contribution in [0.4, 0.5) is 0 Å². The number of nitrogens with zero attached hydrogens (tertiary/aromatic N) is 2. The van der Waals surface area contributed by atoms with E-state index in [0.29, 0.717) is 17.0 Å². The lowest BCUT2D eigenvalue weighted by atomic mass is 10.2. The summed E-state index contributed by atoms with van der Waals surface area (Å²) >= 11 is 5.94. The molecule has 0 saturated heterocycles. The van der Waals surface area contributed by atoms with E-state index in [-0.39, 0.29) is 24.6 Å². The molecule has 2 aromatic rings. The fourth-order valence-electron chi connectivity index (χ4n) is 1.83. The lowest BCUT2D eigenvalue weighted by Gasteiger charge is -2.07. The Morgan fingerprint density at radius 3 is 2.50 bits per heavy atom. The molecule has 1 aromatic carbocycles. The Morgan fingerprint density at radius 2 is 1.88 bits per heavy atom. The van der Waals surface area contributed by atoms with Crippen molar-refractivity contribution in [3.8, 4) is 0 Å². The van der Waals surface area contributed by atoms with Crippen molar-refractivity contribution in [3.05, 3.63) is 40.7 Å². The third-order valence-corrected chi connectivity index (χ3v) is 5.46. The first-order valence-electron chi connectivity index (χ1n) is 6.90. The Bertz CT molecular complexity index is 909. The van der Waals surface area contributed by atoms with Crippen LogP contribution in [0.25, 0.3) is 0 Å². The topological polar surface area (TPSA) is 119 Å². The van der Waals surface area contributed by atoms with Crippen LogP contribution in [0.2, 0.25) is 5.02 Å². The molecule has 0 unspecified atom stereocenters. The largest absolute Gasteiger partial charge is 0.413 e. The zero-order valence-corrected chi connectivity index (χ0v) is 15.2. The molecule has 0 bridgehead atoms. The van der Waals surface area contributed by atoms with E-state index in [0.717, 1.165) is 6.26 Å². The number of halogens is 1. The number of sulfonamides is 1. The number of rotatable bonds is 8. The van der Waals surface area contributed by atoms with Gasteiger partial charge in [-0.3, -0.25) is 0 Å². The van der Waals surface area contributed by atoms with Gasteiger partial charge in [0.2, 0.25) is 25.8 Å². The molecule has 11 heteroatoms. The predicted octanol–water partition coefficient (Wildman–Crippen LogP) is 1.18. The van der Waals surface area contributed by atoms with Crippen molar-refractivity contribution in [1.29, 1.82) is 0 Å². The fourth-order valence-corrected chi connectivity index (χ4v) is 3.76. The highest BCUT2D eigenvalue weighted by atomic mass is 35.5. The second-order valence-electron chi connectivity index (χ2n) is 5.08. The van der Waals surface area contributed by atoms with Gasteiger partial charge in [-0.1, -0.05) is 34.9 Å². The molecule has 24 heavy (non-hydrogen) atoms. The Morgan fingerprint density at radius 1 is 1.17 bits per heavy atom. The van der Waals surface area contributed by atoms with Crippen LogP contribution in [0.1, 0.15) is 17.9 Å². The van der Waals surface area contributed by atoms with E-state index in [9.17, 15) is 16.8 Å². The van der Waals surface area contributed by atoms with Crippen LogP contribution in [0.5, 0.6) is 0 Å². The molecule has 1 heterocycles. The summed E-state index contributed by atoms with van der Waals surface area (Å²) in [5, 5.41) is 6.97. The van der Waals surface area contributed by atoms with E-state index in [1.54, 1.807) is 24.3 Å².